The van der Waals surface area contributed by atoms with Crippen molar-refractivity contribution in [2.45, 2.75) is 6.92 Å². The molecule has 1 rings (SSSR count). The predicted octanol–water partition coefficient (Wildman–Crippen LogP) is 3.00. The minimum absolute atomic E-state index is 0.874. The first kappa shape index (κ1) is 8.94. The summed E-state index contributed by atoms with van der Waals surface area (Å²) < 4.78 is 0. The lowest BCUT2D eigenvalue weighted by Gasteiger charge is -1.97. The maximum Gasteiger partial charge on any atom is 0.0379 e. The minimum atomic E-state index is 0.874. The number of thiocarbonyl (C=S) groups is 1. The van der Waals surface area contributed by atoms with Crippen LogP contribution >= 0.6 is 12.2 Å². The van der Waals surface area contributed by atoms with Crippen molar-refractivity contribution in [2.24, 2.45) is 0 Å². The number of anilines is 1. The fraction of sp³-hybridized carbons (Fsp3) is 0.100. The van der Waals surface area contributed by atoms with Crippen molar-refractivity contribution in [3.63, 3.8) is 0 Å². The first-order valence-corrected chi connectivity index (χ1v) is 4.18. The fourth-order valence-electron chi connectivity index (χ4n) is 0.790. The van der Waals surface area contributed by atoms with Crippen LogP contribution in [0, 0.1) is 0 Å². The van der Waals surface area contributed by atoms with Crippen LogP contribution in [-0.4, -0.2) is 4.86 Å². The van der Waals surface area contributed by atoms with E-state index in [1.54, 1.807) is 0 Å². The molecule has 0 heterocycles. The van der Waals surface area contributed by atoms with Gasteiger partial charge in [0, 0.05) is 16.8 Å². The summed E-state index contributed by atoms with van der Waals surface area (Å²) in [5, 5.41) is 3.11. The van der Waals surface area contributed by atoms with Crippen LogP contribution in [0.3, 0.4) is 0 Å². The van der Waals surface area contributed by atoms with Gasteiger partial charge >= 0.3 is 0 Å². The van der Waals surface area contributed by atoms with Crippen molar-refractivity contribution in [3.8, 4) is 0 Å². The molecule has 62 valence electrons. The number of hydrogen-bond donors (Lipinski definition) is 1. The topological polar surface area (TPSA) is 12.0 Å². The SMILES string of the molecule is CC(=S)/C=C/Nc1ccccc1. The van der Waals surface area contributed by atoms with Crippen LogP contribution in [0.5, 0.6) is 0 Å². The Bertz CT molecular complexity index is 277. The van der Waals surface area contributed by atoms with E-state index < -0.39 is 0 Å². The Morgan fingerprint density at radius 1 is 1.33 bits per heavy atom. The first-order valence-electron chi connectivity index (χ1n) is 3.78. The van der Waals surface area contributed by atoms with Crippen LogP contribution in [0.4, 0.5) is 5.69 Å². The van der Waals surface area contributed by atoms with Gasteiger partial charge in [0.25, 0.3) is 0 Å². The molecule has 0 spiro atoms. The Kier molecular flexibility index (Phi) is 3.48. The van der Waals surface area contributed by atoms with Gasteiger partial charge in [0.15, 0.2) is 0 Å². The van der Waals surface area contributed by atoms with Gasteiger partial charge in [-0.25, -0.2) is 0 Å². The van der Waals surface area contributed by atoms with E-state index in [0.29, 0.717) is 0 Å². The molecule has 0 aromatic heterocycles. The normalized spacial score (nSPS) is 10.1. The summed E-state index contributed by atoms with van der Waals surface area (Å²) in [7, 11) is 0. The van der Waals surface area contributed by atoms with E-state index in [4.69, 9.17) is 12.2 Å². The van der Waals surface area contributed by atoms with Crippen LogP contribution in [-0.2, 0) is 0 Å². The molecule has 0 amide bonds. The van der Waals surface area contributed by atoms with Crippen molar-refractivity contribution in [2.75, 3.05) is 5.32 Å². The van der Waals surface area contributed by atoms with E-state index in [9.17, 15) is 0 Å². The molecule has 1 aromatic carbocycles. The van der Waals surface area contributed by atoms with Gasteiger partial charge in [0.05, 0.1) is 0 Å². The minimum Gasteiger partial charge on any atom is -0.362 e. The van der Waals surface area contributed by atoms with E-state index in [1.807, 2.05) is 49.5 Å². The van der Waals surface area contributed by atoms with Crippen molar-refractivity contribution in [1.29, 1.82) is 0 Å². The molecule has 1 aromatic rings. The zero-order valence-corrected chi connectivity index (χ0v) is 7.77. The lowest BCUT2D eigenvalue weighted by atomic mass is 10.3. The van der Waals surface area contributed by atoms with Crippen LogP contribution in [0.15, 0.2) is 42.6 Å². The summed E-state index contributed by atoms with van der Waals surface area (Å²) in [4.78, 5) is 0.874. The van der Waals surface area contributed by atoms with E-state index in [0.717, 1.165) is 10.6 Å². The zero-order valence-electron chi connectivity index (χ0n) is 6.95. The van der Waals surface area contributed by atoms with Crippen molar-refractivity contribution < 1.29 is 0 Å². The van der Waals surface area contributed by atoms with E-state index in [2.05, 4.69) is 5.32 Å². The number of rotatable bonds is 3. The smallest absolute Gasteiger partial charge is 0.0379 e. The zero-order chi connectivity index (χ0) is 8.81. The van der Waals surface area contributed by atoms with Gasteiger partial charge in [-0.15, -0.1) is 0 Å². The maximum atomic E-state index is 4.88. The summed E-state index contributed by atoms with van der Waals surface area (Å²) in [5.74, 6) is 0. The van der Waals surface area contributed by atoms with E-state index in [1.165, 1.54) is 0 Å². The Morgan fingerprint density at radius 2 is 2.00 bits per heavy atom. The highest BCUT2D eigenvalue weighted by Crippen LogP contribution is 2.04. The maximum absolute atomic E-state index is 4.88. The number of allylic oxidation sites excluding steroid dienone is 1. The molecule has 0 bridgehead atoms. The highest BCUT2D eigenvalue weighted by molar-refractivity contribution is 7.80. The molecule has 1 nitrogen and oxygen atoms in total. The highest BCUT2D eigenvalue weighted by atomic mass is 32.1. The summed E-state index contributed by atoms with van der Waals surface area (Å²) in [6.45, 7) is 1.89. The van der Waals surface area contributed by atoms with Crippen LogP contribution in [0.25, 0.3) is 0 Å². The Hall–Kier alpha value is -1.15. The van der Waals surface area contributed by atoms with Gasteiger partial charge in [0.1, 0.15) is 0 Å². The third-order valence-corrected chi connectivity index (χ3v) is 1.48. The van der Waals surface area contributed by atoms with E-state index >= 15 is 0 Å². The molecule has 0 unspecified atom stereocenters. The average molecular weight is 177 g/mol. The van der Waals surface area contributed by atoms with Gasteiger partial charge in [-0.1, -0.05) is 30.4 Å². The first-order chi connectivity index (χ1) is 5.79. The Balaban J connectivity index is 2.49. The largest absolute Gasteiger partial charge is 0.362 e. The summed E-state index contributed by atoms with van der Waals surface area (Å²) >= 11 is 4.88. The van der Waals surface area contributed by atoms with Crippen molar-refractivity contribution in [3.05, 3.63) is 42.6 Å². The number of hydrogen-bond acceptors (Lipinski definition) is 2. The number of nitrogens with one attached hydrogen (secondary N) is 1. The molecular weight excluding hydrogens is 166 g/mol. The molecule has 0 saturated carbocycles. The third kappa shape index (κ3) is 3.30. The predicted molar refractivity (Wildman–Crippen MR) is 57.5 cm³/mol. The lowest BCUT2D eigenvalue weighted by Crippen LogP contribution is -1.87. The molecule has 0 aliphatic carbocycles. The van der Waals surface area contributed by atoms with Gasteiger partial charge in [0.2, 0.25) is 0 Å². The number of benzene rings is 1. The fourth-order valence-corrected chi connectivity index (χ4v) is 0.858. The standard InChI is InChI=1S/C10H11NS/c1-9(12)7-8-11-10-5-3-2-4-6-10/h2-8,11H,1H3/b8-7+. The molecule has 0 radical (unpaired) electrons. The molecule has 1 N–H and O–H groups in total. The molecule has 0 saturated heterocycles. The molecule has 0 aliphatic rings. The van der Waals surface area contributed by atoms with Crippen molar-refractivity contribution in [1.82, 2.24) is 0 Å². The van der Waals surface area contributed by atoms with Gasteiger partial charge in [-0.05, 0) is 25.1 Å². The Labute approximate surface area is 78.1 Å². The van der Waals surface area contributed by atoms with E-state index in [-0.39, 0.29) is 0 Å². The summed E-state index contributed by atoms with van der Waals surface area (Å²) in [6.07, 6.45) is 3.71. The molecule has 0 fully saturated rings. The highest BCUT2D eigenvalue weighted by Gasteiger charge is 1.82. The van der Waals surface area contributed by atoms with Crippen LogP contribution in [0.2, 0.25) is 0 Å². The van der Waals surface area contributed by atoms with Crippen molar-refractivity contribution >= 4 is 22.8 Å². The molecule has 0 aliphatic heterocycles. The second kappa shape index (κ2) is 4.67. The molecule has 2 heteroatoms. The second-order valence-corrected chi connectivity index (χ2v) is 3.10. The second-order valence-electron chi connectivity index (χ2n) is 2.45. The van der Waals surface area contributed by atoms with Crippen LogP contribution < -0.4 is 5.32 Å². The lowest BCUT2D eigenvalue weighted by molar-refractivity contribution is 1.59. The average Bonchev–Trinajstić information content (AvgIpc) is 2.05. The summed E-state index contributed by atoms with van der Waals surface area (Å²) in [6, 6.07) is 9.96. The third-order valence-electron chi connectivity index (χ3n) is 1.34. The van der Waals surface area contributed by atoms with Gasteiger partial charge in [-0.3, -0.25) is 0 Å². The van der Waals surface area contributed by atoms with Gasteiger partial charge in [-0.2, -0.15) is 0 Å². The molecular formula is C10H11NS. The number of para-hydroxylation sites is 1. The molecule has 0 atom stereocenters. The quantitative estimate of drug-likeness (QED) is 0.562. The monoisotopic (exact) mass is 177 g/mol. The van der Waals surface area contributed by atoms with Crippen LogP contribution in [0.1, 0.15) is 6.92 Å². The Morgan fingerprint density at radius 3 is 2.58 bits per heavy atom. The summed E-state index contributed by atoms with van der Waals surface area (Å²) in [5.41, 5.74) is 1.07. The molecule has 12 heavy (non-hydrogen) atoms. The van der Waals surface area contributed by atoms with Gasteiger partial charge < -0.3 is 5.32 Å².